The molecule has 2 rings (SSSR count). The van der Waals surface area contributed by atoms with Crippen LogP contribution in [0.4, 0.5) is 5.69 Å². The summed E-state index contributed by atoms with van der Waals surface area (Å²) in [5, 5.41) is 0. The average molecular weight is 202 g/mol. The summed E-state index contributed by atoms with van der Waals surface area (Å²) in [5.74, 6) is 1.27. The van der Waals surface area contributed by atoms with Crippen molar-refractivity contribution < 1.29 is 4.74 Å². The predicted octanol–water partition coefficient (Wildman–Crippen LogP) is 2.49. The number of hydrogen-bond acceptors (Lipinski definition) is 3. The Hall–Kier alpha value is -1.64. The Labute approximate surface area is 89.5 Å². The first-order chi connectivity index (χ1) is 7.40. The first kappa shape index (κ1) is 9.90. The number of ether oxygens (including phenoxy) is 1. The van der Waals surface area contributed by atoms with Crippen molar-refractivity contribution in [3.8, 4) is 5.75 Å². The van der Waals surface area contributed by atoms with Gasteiger partial charge in [-0.15, -0.1) is 0 Å². The zero-order valence-electron chi connectivity index (χ0n) is 8.76. The highest BCUT2D eigenvalue weighted by molar-refractivity contribution is 5.74. The molecular formula is C12H14N2O. The van der Waals surface area contributed by atoms with Gasteiger partial charge in [0.1, 0.15) is 11.4 Å². The molecule has 0 saturated heterocycles. The Bertz CT molecular complexity index is 377. The minimum Gasteiger partial charge on any atom is -0.494 e. The highest BCUT2D eigenvalue weighted by atomic mass is 16.5. The second-order valence-electron chi connectivity index (χ2n) is 3.49. The second kappa shape index (κ2) is 4.73. The number of nitrogens with zero attached hydrogens (tertiary/aromatic N) is 2. The minimum atomic E-state index is 0.454. The van der Waals surface area contributed by atoms with E-state index in [4.69, 9.17) is 4.74 Å². The van der Waals surface area contributed by atoms with E-state index in [1.807, 2.05) is 36.7 Å². The lowest BCUT2D eigenvalue weighted by Crippen LogP contribution is -1.99. The molecule has 1 aliphatic heterocycles. The molecule has 78 valence electrons. The van der Waals surface area contributed by atoms with E-state index in [0.29, 0.717) is 5.92 Å². The summed E-state index contributed by atoms with van der Waals surface area (Å²) in [7, 11) is 1.66. The molecule has 0 N–H and O–H groups in total. The summed E-state index contributed by atoms with van der Waals surface area (Å²) in [6.45, 7) is 0.860. The van der Waals surface area contributed by atoms with Crippen LogP contribution in [0.3, 0.4) is 0 Å². The summed E-state index contributed by atoms with van der Waals surface area (Å²) < 4.78 is 5.22. The van der Waals surface area contributed by atoms with Crippen LogP contribution < -0.4 is 4.74 Å². The molecule has 3 heteroatoms. The molecule has 1 atom stereocenters. The van der Waals surface area contributed by atoms with Gasteiger partial charge < -0.3 is 4.74 Å². The van der Waals surface area contributed by atoms with Crippen LogP contribution in [0.15, 0.2) is 34.3 Å². The van der Waals surface area contributed by atoms with Crippen LogP contribution >= 0.6 is 0 Å². The highest BCUT2D eigenvalue weighted by Crippen LogP contribution is 2.26. The molecule has 1 heterocycles. The molecule has 3 nitrogen and oxygen atoms in total. The molecule has 1 aromatic rings. The highest BCUT2D eigenvalue weighted by Gasteiger charge is 2.08. The van der Waals surface area contributed by atoms with Crippen molar-refractivity contribution in [3.63, 3.8) is 0 Å². The second-order valence-corrected chi connectivity index (χ2v) is 3.49. The van der Waals surface area contributed by atoms with Crippen molar-refractivity contribution in [1.29, 1.82) is 0 Å². The van der Waals surface area contributed by atoms with Crippen LogP contribution in [0.1, 0.15) is 6.42 Å². The first-order valence-electron chi connectivity index (χ1n) is 5.05. The summed E-state index contributed by atoms with van der Waals surface area (Å²) in [6, 6.07) is 7.76. The molecular weight excluding hydrogens is 188 g/mol. The Morgan fingerprint density at radius 3 is 3.07 bits per heavy atom. The quantitative estimate of drug-likeness (QED) is 0.693. The number of rotatable bonds is 3. The van der Waals surface area contributed by atoms with E-state index in [0.717, 1.165) is 24.4 Å². The third-order valence-electron chi connectivity index (χ3n) is 2.39. The maximum atomic E-state index is 5.22. The maximum absolute atomic E-state index is 5.22. The topological polar surface area (TPSA) is 34.0 Å². The Kier molecular flexibility index (Phi) is 3.12. The molecule has 0 amide bonds. The normalized spacial score (nSPS) is 19.9. The lowest BCUT2D eigenvalue weighted by molar-refractivity contribution is 0.416. The Morgan fingerprint density at radius 1 is 1.47 bits per heavy atom. The standard InChI is InChI=1S/C12H14N2O/c1-15-12-5-3-2-4-11(12)14-9-10-6-7-13-8-10/h2-5,7,9-10H,6,8H2,1H3. The van der Waals surface area contributed by atoms with Crippen LogP contribution in [-0.2, 0) is 0 Å². The molecule has 0 fully saturated rings. The number of para-hydroxylation sites is 2. The van der Waals surface area contributed by atoms with Gasteiger partial charge in [0, 0.05) is 18.7 Å². The van der Waals surface area contributed by atoms with Crippen LogP contribution in [0.25, 0.3) is 0 Å². The molecule has 15 heavy (non-hydrogen) atoms. The van der Waals surface area contributed by atoms with Gasteiger partial charge in [-0.2, -0.15) is 0 Å². The molecule has 1 aromatic carbocycles. The van der Waals surface area contributed by atoms with Crippen molar-refractivity contribution in [2.24, 2.45) is 15.9 Å². The van der Waals surface area contributed by atoms with Crippen molar-refractivity contribution in [2.75, 3.05) is 13.7 Å². The van der Waals surface area contributed by atoms with Crippen molar-refractivity contribution in [2.45, 2.75) is 6.42 Å². The molecule has 0 radical (unpaired) electrons. The van der Waals surface area contributed by atoms with Gasteiger partial charge in [-0.1, -0.05) is 12.1 Å². The van der Waals surface area contributed by atoms with E-state index in [9.17, 15) is 0 Å². The average Bonchev–Trinajstić information content (AvgIpc) is 2.79. The fourth-order valence-corrected chi connectivity index (χ4v) is 1.52. The number of methoxy groups -OCH3 is 1. The van der Waals surface area contributed by atoms with Crippen LogP contribution in [0.2, 0.25) is 0 Å². The van der Waals surface area contributed by atoms with Crippen molar-refractivity contribution in [3.05, 3.63) is 24.3 Å². The van der Waals surface area contributed by atoms with Gasteiger partial charge in [-0.3, -0.25) is 9.98 Å². The van der Waals surface area contributed by atoms with Crippen LogP contribution in [-0.4, -0.2) is 26.1 Å². The van der Waals surface area contributed by atoms with Gasteiger partial charge in [0.25, 0.3) is 0 Å². The molecule has 0 aliphatic carbocycles. The molecule has 1 aliphatic rings. The van der Waals surface area contributed by atoms with Crippen LogP contribution in [0.5, 0.6) is 5.75 Å². The zero-order chi connectivity index (χ0) is 10.5. The van der Waals surface area contributed by atoms with Crippen LogP contribution in [0, 0.1) is 5.92 Å². The van der Waals surface area contributed by atoms with Crippen molar-refractivity contribution in [1.82, 2.24) is 0 Å². The largest absolute Gasteiger partial charge is 0.494 e. The van der Waals surface area contributed by atoms with Gasteiger partial charge in [-0.05, 0) is 24.8 Å². The third-order valence-corrected chi connectivity index (χ3v) is 2.39. The van der Waals surface area contributed by atoms with Gasteiger partial charge >= 0.3 is 0 Å². The van der Waals surface area contributed by atoms with E-state index in [-0.39, 0.29) is 0 Å². The smallest absolute Gasteiger partial charge is 0.144 e. The molecule has 0 spiro atoms. The Morgan fingerprint density at radius 2 is 2.33 bits per heavy atom. The maximum Gasteiger partial charge on any atom is 0.144 e. The molecule has 0 saturated carbocycles. The number of aliphatic imine (C=N–C) groups is 2. The fraction of sp³-hybridized carbons (Fsp3) is 0.333. The van der Waals surface area contributed by atoms with Crippen molar-refractivity contribution >= 4 is 18.1 Å². The lowest BCUT2D eigenvalue weighted by Gasteiger charge is -2.04. The number of benzene rings is 1. The molecule has 1 unspecified atom stereocenters. The molecule has 0 bridgehead atoms. The summed E-state index contributed by atoms with van der Waals surface area (Å²) in [6.07, 6.45) is 4.92. The van der Waals surface area contributed by atoms with E-state index in [1.165, 1.54) is 0 Å². The van der Waals surface area contributed by atoms with Gasteiger partial charge in [-0.25, -0.2) is 0 Å². The summed E-state index contributed by atoms with van der Waals surface area (Å²) >= 11 is 0. The lowest BCUT2D eigenvalue weighted by atomic mass is 10.1. The monoisotopic (exact) mass is 202 g/mol. The van der Waals surface area contributed by atoms with Gasteiger partial charge in [0.2, 0.25) is 0 Å². The molecule has 0 aromatic heterocycles. The van der Waals surface area contributed by atoms with E-state index < -0.39 is 0 Å². The fourth-order valence-electron chi connectivity index (χ4n) is 1.52. The predicted molar refractivity (Wildman–Crippen MR) is 62.6 cm³/mol. The van der Waals surface area contributed by atoms with Gasteiger partial charge in [0.05, 0.1) is 7.11 Å². The first-order valence-corrected chi connectivity index (χ1v) is 5.05. The third kappa shape index (κ3) is 2.43. The van der Waals surface area contributed by atoms with E-state index >= 15 is 0 Å². The van der Waals surface area contributed by atoms with E-state index in [1.54, 1.807) is 7.11 Å². The SMILES string of the molecule is COc1ccccc1N=CC1CC=NC1. The van der Waals surface area contributed by atoms with E-state index in [2.05, 4.69) is 9.98 Å². The summed E-state index contributed by atoms with van der Waals surface area (Å²) in [5.41, 5.74) is 0.881. The van der Waals surface area contributed by atoms with Gasteiger partial charge in [0.15, 0.2) is 0 Å². The minimum absolute atomic E-state index is 0.454. The Balaban J connectivity index is 2.09. The summed E-state index contributed by atoms with van der Waals surface area (Å²) in [4.78, 5) is 8.60. The number of hydrogen-bond donors (Lipinski definition) is 0. The zero-order valence-corrected chi connectivity index (χ0v) is 8.76.